The van der Waals surface area contributed by atoms with E-state index >= 15 is 0 Å². The lowest BCUT2D eigenvalue weighted by atomic mass is 10.4. The van der Waals surface area contributed by atoms with Crippen LogP contribution in [0.15, 0.2) is 29.2 Å². The van der Waals surface area contributed by atoms with Crippen molar-refractivity contribution in [2.45, 2.75) is 18.2 Å². The van der Waals surface area contributed by atoms with Gasteiger partial charge in [-0.2, -0.15) is 0 Å². The summed E-state index contributed by atoms with van der Waals surface area (Å²) in [5, 5.41) is 0.159. The Hall–Kier alpha value is -1.11. The zero-order valence-corrected chi connectivity index (χ0v) is 12.5. The summed E-state index contributed by atoms with van der Waals surface area (Å²) in [6.45, 7) is 2.50. The van der Waals surface area contributed by atoms with Crippen LogP contribution in [-0.4, -0.2) is 39.4 Å². The third kappa shape index (κ3) is 4.49. The van der Waals surface area contributed by atoms with Crippen molar-refractivity contribution in [1.82, 2.24) is 9.62 Å². The zero-order chi connectivity index (χ0) is 14.5. The molecule has 1 N–H and O–H groups in total. The second-order valence-electron chi connectivity index (χ2n) is 3.99. The predicted molar refractivity (Wildman–Crippen MR) is 74.6 cm³/mol. The third-order valence-corrected chi connectivity index (χ3v) is 4.62. The molecule has 1 amide bonds. The Morgan fingerprint density at radius 1 is 1.37 bits per heavy atom. The second-order valence-corrected chi connectivity index (χ2v) is 6.13. The van der Waals surface area contributed by atoms with Gasteiger partial charge in [-0.25, -0.2) is 13.1 Å². The fourth-order valence-electron chi connectivity index (χ4n) is 1.40. The van der Waals surface area contributed by atoms with Crippen LogP contribution in [0.5, 0.6) is 0 Å². The van der Waals surface area contributed by atoms with Crippen molar-refractivity contribution in [3.8, 4) is 0 Å². The summed E-state index contributed by atoms with van der Waals surface area (Å²) in [5.74, 6) is -0.107. The van der Waals surface area contributed by atoms with Gasteiger partial charge in [0.2, 0.25) is 15.9 Å². The molecule has 1 aromatic rings. The number of halogens is 1. The molecule has 0 fully saturated rings. The van der Waals surface area contributed by atoms with E-state index in [1.54, 1.807) is 19.2 Å². The SMILES string of the molecule is CCN(C)C(=O)CCNS(=O)(=O)c1ccccc1Cl. The molecule has 0 atom stereocenters. The molecule has 0 aliphatic rings. The van der Waals surface area contributed by atoms with Crippen molar-refractivity contribution in [2.75, 3.05) is 20.1 Å². The van der Waals surface area contributed by atoms with Crippen molar-refractivity contribution >= 4 is 27.5 Å². The first-order chi connectivity index (χ1) is 8.88. The van der Waals surface area contributed by atoms with E-state index in [1.807, 2.05) is 6.92 Å². The Morgan fingerprint density at radius 2 is 2.00 bits per heavy atom. The van der Waals surface area contributed by atoms with Gasteiger partial charge < -0.3 is 4.90 Å². The number of sulfonamides is 1. The molecule has 0 saturated carbocycles. The van der Waals surface area contributed by atoms with Gasteiger partial charge in [0.05, 0.1) is 5.02 Å². The molecule has 0 radical (unpaired) electrons. The summed E-state index contributed by atoms with van der Waals surface area (Å²) in [6.07, 6.45) is 0.119. The summed E-state index contributed by atoms with van der Waals surface area (Å²) >= 11 is 5.83. The van der Waals surface area contributed by atoms with Gasteiger partial charge in [0.25, 0.3) is 0 Å². The molecule has 0 bridgehead atoms. The Kier molecular flexibility index (Phi) is 5.78. The average Bonchev–Trinajstić information content (AvgIpc) is 2.37. The fraction of sp³-hybridized carbons (Fsp3) is 0.417. The first kappa shape index (κ1) is 15.9. The van der Waals surface area contributed by atoms with Crippen LogP contribution in [0.3, 0.4) is 0 Å². The van der Waals surface area contributed by atoms with Gasteiger partial charge in [-0.1, -0.05) is 23.7 Å². The van der Waals surface area contributed by atoms with Gasteiger partial charge in [-0.15, -0.1) is 0 Å². The molecule has 19 heavy (non-hydrogen) atoms. The summed E-state index contributed by atoms with van der Waals surface area (Å²) in [5.41, 5.74) is 0. The van der Waals surface area contributed by atoms with Crippen molar-refractivity contribution in [3.05, 3.63) is 29.3 Å². The van der Waals surface area contributed by atoms with E-state index < -0.39 is 10.0 Å². The molecule has 5 nitrogen and oxygen atoms in total. The van der Waals surface area contributed by atoms with Crippen LogP contribution in [0.4, 0.5) is 0 Å². The van der Waals surface area contributed by atoms with Crippen LogP contribution in [0.1, 0.15) is 13.3 Å². The standard InChI is InChI=1S/C12H17ClN2O3S/c1-3-15(2)12(16)8-9-14-19(17,18)11-7-5-4-6-10(11)13/h4-7,14H,3,8-9H2,1-2H3. The zero-order valence-electron chi connectivity index (χ0n) is 10.9. The lowest BCUT2D eigenvalue weighted by Crippen LogP contribution is -2.32. The molecule has 1 aromatic carbocycles. The largest absolute Gasteiger partial charge is 0.346 e. The van der Waals surface area contributed by atoms with Gasteiger partial charge in [0, 0.05) is 26.6 Å². The van der Waals surface area contributed by atoms with E-state index in [0.29, 0.717) is 6.54 Å². The normalized spacial score (nSPS) is 11.3. The lowest BCUT2D eigenvalue weighted by Gasteiger charge is -2.14. The second kappa shape index (κ2) is 6.88. The van der Waals surface area contributed by atoms with E-state index in [4.69, 9.17) is 11.6 Å². The van der Waals surface area contributed by atoms with E-state index in [1.165, 1.54) is 17.0 Å². The van der Waals surface area contributed by atoms with Crippen LogP contribution in [0.25, 0.3) is 0 Å². The third-order valence-electron chi connectivity index (χ3n) is 2.66. The molecular weight excluding hydrogens is 288 g/mol. The smallest absolute Gasteiger partial charge is 0.242 e. The number of hydrogen-bond acceptors (Lipinski definition) is 3. The minimum atomic E-state index is -3.67. The number of rotatable bonds is 6. The van der Waals surface area contributed by atoms with E-state index in [2.05, 4.69) is 4.72 Å². The van der Waals surface area contributed by atoms with Crippen molar-refractivity contribution in [1.29, 1.82) is 0 Å². The van der Waals surface area contributed by atoms with Gasteiger partial charge in [-0.3, -0.25) is 4.79 Å². The maximum atomic E-state index is 12.0. The molecule has 7 heteroatoms. The molecule has 0 saturated heterocycles. The Morgan fingerprint density at radius 3 is 2.58 bits per heavy atom. The lowest BCUT2D eigenvalue weighted by molar-refractivity contribution is -0.129. The minimum absolute atomic E-state index is 0.0213. The van der Waals surface area contributed by atoms with Crippen molar-refractivity contribution in [3.63, 3.8) is 0 Å². The molecular formula is C12H17ClN2O3S. The highest BCUT2D eigenvalue weighted by molar-refractivity contribution is 7.89. The molecule has 0 aromatic heterocycles. The van der Waals surface area contributed by atoms with Crippen LogP contribution < -0.4 is 4.72 Å². The van der Waals surface area contributed by atoms with Crippen LogP contribution >= 0.6 is 11.6 Å². The van der Waals surface area contributed by atoms with Gasteiger partial charge in [-0.05, 0) is 19.1 Å². The van der Waals surface area contributed by atoms with E-state index in [9.17, 15) is 13.2 Å². The van der Waals surface area contributed by atoms with Gasteiger partial charge >= 0.3 is 0 Å². The molecule has 1 rings (SSSR count). The van der Waals surface area contributed by atoms with Crippen LogP contribution in [-0.2, 0) is 14.8 Å². The summed E-state index contributed by atoms with van der Waals surface area (Å²) in [4.78, 5) is 13.1. The summed E-state index contributed by atoms with van der Waals surface area (Å²) in [7, 11) is -2.00. The van der Waals surface area contributed by atoms with Crippen LogP contribution in [0, 0.1) is 0 Å². The number of benzene rings is 1. The van der Waals surface area contributed by atoms with Gasteiger partial charge in [0.1, 0.15) is 4.90 Å². The quantitative estimate of drug-likeness (QED) is 0.866. The fourth-order valence-corrected chi connectivity index (χ4v) is 2.95. The highest BCUT2D eigenvalue weighted by atomic mass is 35.5. The Bertz CT molecular complexity index is 546. The number of carbonyl (C=O) groups is 1. The summed E-state index contributed by atoms with van der Waals surface area (Å²) in [6, 6.07) is 6.17. The molecule has 0 aliphatic heterocycles. The molecule has 0 spiro atoms. The number of nitrogens with zero attached hydrogens (tertiary/aromatic N) is 1. The average molecular weight is 305 g/mol. The highest BCUT2D eigenvalue weighted by Gasteiger charge is 2.17. The number of nitrogens with one attached hydrogen (secondary N) is 1. The topological polar surface area (TPSA) is 66.5 Å². The first-order valence-corrected chi connectivity index (χ1v) is 7.72. The van der Waals surface area contributed by atoms with Crippen LogP contribution in [0.2, 0.25) is 5.02 Å². The van der Waals surface area contributed by atoms with Crippen molar-refractivity contribution in [2.24, 2.45) is 0 Å². The highest BCUT2D eigenvalue weighted by Crippen LogP contribution is 2.19. The molecule has 0 aliphatic carbocycles. The molecule has 0 heterocycles. The number of amides is 1. The van der Waals surface area contributed by atoms with E-state index in [0.717, 1.165) is 0 Å². The summed E-state index contributed by atoms with van der Waals surface area (Å²) < 4.78 is 26.3. The monoisotopic (exact) mass is 304 g/mol. The Labute approximate surface area is 118 Å². The molecule has 106 valence electrons. The maximum Gasteiger partial charge on any atom is 0.242 e. The first-order valence-electron chi connectivity index (χ1n) is 5.86. The molecule has 0 unspecified atom stereocenters. The minimum Gasteiger partial charge on any atom is -0.346 e. The Balaban J connectivity index is 2.63. The number of hydrogen-bond donors (Lipinski definition) is 1. The number of carbonyl (C=O) groups excluding carboxylic acids is 1. The van der Waals surface area contributed by atoms with Crippen molar-refractivity contribution < 1.29 is 13.2 Å². The van der Waals surface area contributed by atoms with Gasteiger partial charge in [0.15, 0.2) is 0 Å². The van der Waals surface area contributed by atoms with E-state index in [-0.39, 0.29) is 28.8 Å². The predicted octanol–water partition coefficient (Wildman–Crippen LogP) is 1.49. The maximum absolute atomic E-state index is 12.0.